The van der Waals surface area contributed by atoms with Crippen LogP contribution in [0, 0.1) is 3.95 Å². The molecule has 0 aliphatic carbocycles. The minimum Gasteiger partial charge on any atom is -0.487 e. The van der Waals surface area contributed by atoms with Crippen molar-refractivity contribution in [3.8, 4) is 5.75 Å². The third kappa shape index (κ3) is 3.90. The van der Waals surface area contributed by atoms with E-state index in [2.05, 4.69) is 9.72 Å². The first-order valence-corrected chi connectivity index (χ1v) is 6.87. The van der Waals surface area contributed by atoms with Crippen LogP contribution in [0.2, 0.25) is 0 Å². The summed E-state index contributed by atoms with van der Waals surface area (Å²) in [4.78, 5) is 15.2. The fourth-order valence-electron chi connectivity index (χ4n) is 1.53. The molecule has 0 saturated heterocycles. The number of hydrogen-bond acceptors (Lipinski definition) is 5. The number of benzene rings is 1. The molecule has 1 aromatic heterocycles. The Bertz CT molecular complexity index is 604. The summed E-state index contributed by atoms with van der Waals surface area (Å²) in [6, 6.07) is 9.48. The SMILES string of the molecule is COC(=O)Cc1sc(=S)[nH]c1COc1ccccc1. The minimum absolute atomic E-state index is 0.210. The summed E-state index contributed by atoms with van der Waals surface area (Å²) in [5, 5.41) is 0. The lowest BCUT2D eigenvalue weighted by molar-refractivity contribution is -0.139. The Morgan fingerprint density at radius 1 is 1.37 bits per heavy atom. The maximum absolute atomic E-state index is 11.3. The van der Waals surface area contributed by atoms with Crippen LogP contribution in [-0.2, 0) is 22.6 Å². The topological polar surface area (TPSA) is 51.3 Å². The summed E-state index contributed by atoms with van der Waals surface area (Å²) in [6.07, 6.45) is 0.210. The maximum atomic E-state index is 11.3. The van der Waals surface area contributed by atoms with Crippen molar-refractivity contribution in [2.75, 3.05) is 7.11 Å². The summed E-state index contributed by atoms with van der Waals surface area (Å²) >= 11 is 6.47. The molecule has 0 saturated carbocycles. The first-order valence-electron chi connectivity index (χ1n) is 5.64. The monoisotopic (exact) mass is 295 g/mol. The molecule has 0 atom stereocenters. The van der Waals surface area contributed by atoms with Crippen LogP contribution in [0.1, 0.15) is 10.6 Å². The van der Waals surface area contributed by atoms with Crippen LogP contribution >= 0.6 is 23.6 Å². The van der Waals surface area contributed by atoms with Crippen molar-refractivity contribution in [3.63, 3.8) is 0 Å². The highest BCUT2D eigenvalue weighted by atomic mass is 32.1. The Kier molecular flexibility index (Phi) is 4.70. The average molecular weight is 295 g/mol. The number of ether oxygens (including phenoxy) is 2. The van der Waals surface area contributed by atoms with Gasteiger partial charge in [-0.1, -0.05) is 18.2 Å². The minimum atomic E-state index is -0.286. The van der Waals surface area contributed by atoms with E-state index >= 15 is 0 Å². The number of carbonyl (C=O) groups excluding carboxylic acids is 1. The number of thiazole rings is 1. The van der Waals surface area contributed by atoms with Gasteiger partial charge in [0.15, 0.2) is 3.95 Å². The van der Waals surface area contributed by atoms with Crippen LogP contribution < -0.4 is 4.74 Å². The van der Waals surface area contributed by atoms with Gasteiger partial charge >= 0.3 is 5.97 Å². The van der Waals surface area contributed by atoms with E-state index in [-0.39, 0.29) is 12.4 Å². The Hall–Kier alpha value is -1.66. The number of aromatic amines is 1. The van der Waals surface area contributed by atoms with Crippen molar-refractivity contribution in [1.29, 1.82) is 0 Å². The van der Waals surface area contributed by atoms with Gasteiger partial charge in [-0.05, 0) is 24.4 Å². The smallest absolute Gasteiger partial charge is 0.310 e. The molecule has 0 radical (unpaired) electrons. The number of esters is 1. The molecule has 0 aliphatic rings. The van der Waals surface area contributed by atoms with Gasteiger partial charge in [-0.15, -0.1) is 11.3 Å². The van der Waals surface area contributed by atoms with Gasteiger partial charge in [-0.2, -0.15) is 0 Å². The zero-order valence-electron chi connectivity index (χ0n) is 10.3. The predicted octanol–water partition coefficient (Wildman–Crippen LogP) is 3.10. The molecule has 0 amide bonds. The highest BCUT2D eigenvalue weighted by molar-refractivity contribution is 7.73. The quantitative estimate of drug-likeness (QED) is 0.680. The fraction of sp³-hybridized carbons (Fsp3) is 0.231. The van der Waals surface area contributed by atoms with E-state index in [4.69, 9.17) is 17.0 Å². The molecular formula is C13H13NO3S2. The zero-order valence-corrected chi connectivity index (χ0v) is 12.0. The van der Waals surface area contributed by atoms with Crippen molar-refractivity contribution in [1.82, 2.24) is 4.98 Å². The molecule has 1 heterocycles. The van der Waals surface area contributed by atoms with E-state index in [1.165, 1.54) is 18.4 Å². The Morgan fingerprint density at radius 3 is 2.79 bits per heavy atom. The zero-order chi connectivity index (χ0) is 13.7. The lowest BCUT2D eigenvalue weighted by Crippen LogP contribution is -2.06. The van der Waals surface area contributed by atoms with Gasteiger partial charge in [0.1, 0.15) is 12.4 Å². The van der Waals surface area contributed by atoms with Crippen molar-refractivity contribution in [2.45, 2.75) is 13.0 Å². The van der Waals surface area contributed by atoms with Gasteiger partial charge in [-0.25, -0.2) is 0 Å². The lowest BCUT2D eigenvalue weighted by Gasteiger charge is -2.06. The number of para-hydroxylation sites is 1. The molecule has 0 unspecified atom stereocenters. The number of carbonyl (C=O) groups is 1. The third-order valence-electron chi connectivity index (χ3n) is 2.46. The summed E-state index contributed by atoms with van der Waals surface area (Å²) in [6.45, 7) is 0.351. The molecule has 6 heteroatoms. The van der Waals surface area contributed by atoms with Gasteiger partial charge in [0, 0.05) is 4.88 Å². The number of methoxy groups -OCH3 is 1. The number of aromatic nitrogens is 1. The molecular weight excluding hydrogens is 282 g/mol. The van der Waals surface area contributed by atoms with E-state index in [0.717, 1.165) is 16.3 Å². The van der Waals surface area contributed by atoms with Gasteiger partial charge in [-0.3, -0.25) is 4.79 Å². The number of hydrogen-bond donors (Lipinski definition) is 1. The molecule has 19 heavy (non-hydrogen) atoms. The van der Waals surface area contributed by atoms with E-state index in [0.29, 0.717) is 10.6 Å². The van der Waals surface area contributed by atoms with Crippen LogP contribution in [-0.4, -0.2) is 18.1 Å². The van der Waals surface area contributed by atoms with Crippen LogP contribution in [0.5, 0.6) is 5.75 Å². The summed E-state index contributed by atoms with van der Waals surface area (Å²) in [5.41, 5.74) is 0.823. The summed E-state index contributed by atoms with van der Waals surface area (Å²) < 4.78 is 10.9. The van der Waals surface area contributed by atoms with Crippen molar-refractivity contribution < 1.29 is 14.3 Å². The van der Waals surface area contributed by atoms with E-state index in [1.807, 2.05) is 30.3 Å². The molecule has 2 rings (SSSR count). The molecule has 100 valence electrons. The maximum Gasteiger partial charge on any atom is 0.310 e. The molecule has 0 spiro atoms. The van der Waals surface area contributed by atoms with Crippen LogP contribution in [0.3, 0.4) is 0 Å². The van der Waals surface area contributed by atoms with Crippen LogP contribution in [0.4, 0.5) is 0 Å². The second kappa shape index (κ2) is 6.49. The van der Waals surface area contributed by atoms with Crippen molar-refractivity contribution in [3.05, 3.63) is 44.9 Å². The largest absolute Gasteiger partial charge is 0.487 e. The van der Waals surface area contributed by atoms with Gasteiger partial charge in [0.25, 0.3) is 0 Å². The first kappa shape index (κ1) is 13.8. The third-order valence-corrected chi connectivity index (χ3v) is 3.74. The van der Waals surface area contributed by atoms with E-state index in [9.17, 15) is 4.79 Å². The summed E-state index contributed by atoms with van der Waals surface area (Å²) in [7, 11) is 1.37. The number of H-pyrrole nitrogens is 1. The first-order chi connectivity index (χ1) is 9.19. The Balaban J connectivity index is 2.07. The Morgan fingerprint density at radius 2 is 2.11 bits per heavy atom. The molecule has 0 fully saturated rings. The standard InChI is InChI=1S/C13H13NO3S2/c1-16-12(15)7-11-10(14-13(18)19-11)8-17-9-5-3-2-4-6-9/h2-6H,7-8H2,1H3,(H,14,18). The molecule has 0 aliphatic heterocycles. The molecule has 0 bridgehead atoms. The highest BCUT2D eigenvalue weighted by Crippen LogP contribution is 2.19. The average Bonchev–Trinajstić information content (AvgIpc) is 2.77. The van der Waals surface area contributed by atoms with Gasteiger partial charge in [0.2, 0.25) is 0 Å². The van der Waals surface area contributed by atoms with Crippen molar-refractivity contribution in [2.24, 2.45) is 0 Å². The Labute approximate surface area is 120 Å². The molecule has 1 aromatic carbocycles. The molecule has 1 N–H and O–H groups in total. The van der Waals surface area contributed by atoms with E-state index in [1.54, 1.807) is 0 Å². The van der Waals surface area contributed by atoms with Crippen LogP contribution in [0.15, 0.2) is 30.3 Å². The van der Waals surface area contributed by atoms with Gasteiger partial charge in [0.05, 0.1) is 19.2 Å². The number of nitrogens with one attached hydrogen (secondary N) is 1. The highest BCUT2D eigenvalue weighted by Gasteiger charge is 2.12. The second-order valence-corrected chi connectivity index (χ2v) is 5.54. The lowest BCUT2D eigenvalue weighted by atomic mass is 10.3. The van der Waals surface area contributed by atoms with E-state index < -0.39 is 0 Å². The van der Waals surface area contributed by atoms with Gasteiger partial charge < -0.3 is 14.5 Å². The molecule has 4 nitrogen and oxygen atoms in total. The normalized spacial score (nSPS) is 10.2. The predicted molar refractivity (Wildman–Crippen MR) is 76.0 cm³/mol. The molecule has 2 aromatic rings. The summed E-state index contributed by atoms with van der Waals surface area (Å²) in [5.74, 6) is 0.489. The van der Waals surface area contributed by atoms with Crippen molar-refractivity contribution >= 4 is 29.5 Å². The second-order valence-electron chi connectivity index (χ2n) is 3.77. The fourth-order valence-corrected chi connectivity index (χ4v) is 2.77. The number of rotatable bonds is 5. The van der Waals surface area contributed by atoms with Crippen LogP contribution in [0.25, 0.3) is 0 Å².